The summed E-state index contributed by atoms with van der Waals surface area (Å²) in [6.45, 7) is 7.46. The van der Waals surface area contributed by atoms with Crippen molar-refractivity contribution in [2.75, 3.05) is 39.6 Å². The molecule has 0 radical (unpaired) electrons. The average Bonchev–Trinajstić information content (AvgIpc) is 0.898. The van der Waals surface area contributed by atoms with Crippen molar-refractivity contribution in [3.63, 3.8) is 0 Å². The third-order valence-electron chi connectivity index (χ3n) is 23.0. The maximum atomic E-state index is 13.2. The minimum Gasteiger partial charge on any atom is -0.462 e. The van der Waals surface area contributed by atoms with Crippen molar-refractivity contribution in [3.05, 3.63) is 0 Å². The van der Waals surface area contributed by atoms with E-state index in [1.165, 1.54) is 360 Å². The molecule has 2 unspecified atom stereocenters. The molecule has 690 valence electrons. The normalized spacial score (nSPS) is 13.6. The summed E-state index contributed by atoms with van der Waals surface area (Å²) in [5.74, 6) is -1.28. The number of rotatable bonds is 97. The number of ether oxygens (including phenoxy) is 4. The molecule has 0 saturated carbocycles. The lowest BCUT2D eigenvalue weighted by molar-refractivity contribution is -0.161. The molecule has 0 heterocycles. The molecular formula is C97H190O17P2. The molecule has 0 fully saturated rings. The number of aliphatic hydroxyl groups excluding tert-OH is 1. The summed E-state index contributed by atoms with van der Waals surface area (Å²) in [4.78, 5) is 73.6. The summed E-state index contributed by atoms with van der Waals surface area (Å²) in [5.41, 5.74) is 0. The molecule has 0 aromatic rings. The van der Waals surface area contributed by atoms with Gasteiger partial charge in [-0.1, -0.05) is 484 Å². The minimum absolute atomic E-state index is 0.109. The fourth-order valence-electron chi connectivity index (χ4n) is 15.4. The number of hydrogen-bond donors (Lipinski definition) is 3. The maximum Gasteiger partial charge on any atom is 0.472 e. The predicted octanol–water partition coefficient (Wildman–Crippen LogP) is 30.7. The van der Waals surface area contributed by atoms with E-state index in [9.17, 15) is 43.2 Å². The van der Waals surface area contributed by atoms with E-state index in [-0.39, 0.29) is 25.7 Å². The lowest BCUT2D eigenvalue weighted by Crippen LogP contribution is -2.30. The first kappa shape index (κ1) is 114. The predicted molar refractivity (Wildman–Crippen MR) is 483 cm³/mol. The lowest BCUT2D eigenvalue weighted by atomic mass is 10.0. The number of phosphoric acid groups is 2. The largest absolute Gasteiger partial charge is 0.472 e. The number of unbranched alkanes of at least 4 members (excludes halogenated alkanes) is 69. The third kappa shape index (κ3) is 89.8. The summed E-state index contributed by atoms with van der Waals surface area (Å²) in [7, 11) is -9.94. The number of hydrogen-bond acceptors (Lipinski definition) is 15. The van der Waals surface area contributed by atoms with Crippen molar-refractivity contribution in [1.29, 1.82) is 0 Å². The Morgan fingerprint density at radius 3 is 0.586 bits per heavy atom. The van der Waals surface area contributed by atoms with E-state index in [4.69, 9.17) is 37.0 Å². The average molecular weight is 1690 g/mol. The van der Waals surface area contributed by atoms with Gasteiger partial charge < -0.3 is 33.8 Å². The van der Waals surface area contributed by atoms with Crippen LogP contribution in [0.1, 0.15) is 535 Å². The third-order valence-corrected chi connectivity index (χ3v) is 24.9. The smallest absolute Gasteiger partial charge is 0.462 e. The van der Waals surface area contributed by atoms with Crippen molar-refractivity contribution in [1.82, 2.24) is 0 Å². The van der Waals surface area contributed by atoms with Crippen LogP contribution >= 0.6 is 15.6 Å². The molecule has 0 rings (SSSR count). The van der Waals surface area contributed by atoms with Crippen molar-refractivity contribution in [2.45, 2.75) is 554 Å². The van der Waals surface area contributed by atoms with Crippen LogP contribution in [0.3, 0.4) is 0 Å². The Kier molecular flexibility index (Phi) is 87.8. The van der Waals surface area contributed by atoms with E-state index in [0.717, 1.165) is 95.8 Å². The van der Waals surface area contributed by atoms with Gasteiger partial charge in [-0.3, -0.25) is 37.3 Å². The van der Waals surface area contributed by atoms with Gasteiger partial charge in [-0.15, -0.1) is 0 Å². The second kappa shape index (κ2) is 89.3. The molecule has 0 aromatic heterocycles. The van der Waals surface area contributed by atoms with Gasteiger partial charge in [-0.2, -0.15) is 0 Å². The van der Waals surface area contributed by atoms with E-state index in [1.54, 1.807) is 0 Å². The molecule has 116 heavy (non-hydrogen) atoms. The van der Waals surface area contributed by atoms with Gasteiger partial charge in [0.25, 0.3) is 0 Å². The molecule has 0 amide bonds. The first-order valence-electron chi connectivity index (χ1n) is 50.1. The number of carbonyl (C=O) groups is 4. The summed E-state index contributed by atoms with van der Waals surface area (Å²) in [6.07, 6.45) is 87.7. The topological polar surface area (TPSA) is 237 Å². The Labute approximate surface area is 715 Å². The fourth-order valence-corrected chi connectivity index (χ4v) is 17.0. The molecule has 0 aliphatic rings. The quantitative estimate of drug-likeness (QED) is 0.0222. The van der Waals surface area contributed by atoms with Crippen LogP contribution < -0.4 is 0 Å². The molecule has 17 nitrogen and oxygen atoms in total. The van der Waals surface area contributed by atoms with Gasteiger partial charge in [0.05, 0.1) is 26.4 Å². The molecule has 0 aromatic carbocycles. The molecule has 0 saturated heterocycles. The van der Waals surface area contributed by atoms with Gasteiger partial charge in [-0.25, -0.2) is 9.13 Å². The first-order valence-corrected chi connectivity index (χ1v) is 53.1. The molecule has 3 N–H and O–H groups in total. The Balaban J connectivity index is 5.24. The van der Waals surface area contributed by atoms with Crippen molar-refractivity contribution >= 4 is 39.5 Å². The van der Waals surface area contributed by atoms with E-state index < -0.39 is 97.5 Å². The Bertz CT molecular complexity index is 2190. The second-order valence-electron chi connectivity index (χ2n) is 35.3. The molecule has 0 bridgehead atoms. The van der Waals surface area contributed by atoms with Gasteiger partial charge in [0, 0.05) is 25.7 Å². The van der Waals surface area contributed by atoms with Gasteiger partial charge in [-0.05, 0) is 31.6 Å². The van der Waals surface area contributed by atoms with E-state index in [2.05, 4.69) is 34.6 Å². The minimum atomic E-state index is -4.97. The summed E-state index contributed by atoms with van der Waals surface area (Å²) in [5, 5.41) is 10.7. The SMILES string of the molecule is CCCCCCCCCCCCCCCCCCCCCCCCC(=O)OC[C@H](COP(=O)(O)OC[C@@H](O)COP(=O)(O)OC[C@@H](COC(=O)CCCCCCCCCCCCCCC)OC(=O)CCCCCCCCCCCCCCCCCCC(C)C)OC(=O)CCCCCCCCCCCCCCCCCCCCCCCC. The highest BCUT2D eigenvalue weighted by molar-refractivity contribution is 7.47. The highest BCUT2D eigenvalue weighted by Crippen LogP contribution is 2.45. The van der Waals surface area contributed by atoms with Crippen LogP contribution in [0.15, 0.2) is 0 Å². The Hall–Kier alpha value is -1.94. The van der Waals surface area contributed by atoms with Gasteiger partial charge in [0.2, 0.25) is 0 Å². The van der Waals surface area contributed by atoms with Crippen LogP contribution in [-0.4, -0.2) is 96.7 Å². The van der Waals surface area contributed by atoms with Gasteiger partial charge in [0.1, 0.15) is 19.3 Å². The van der Waals surface area contributed by atoms with Crippen molar-refractivity contribution in [3.8, 4) is 0 Å². The van der Waals surface area contributed by atoms with Crippen LogP contribution in [0.5, 0.6) is 0 Å². The highest BCUT2D eigenvalue weighted by atomic mass is 31.2. The van der Waals surface area contributed by atoms with Crippen LogP contribution in [0.25, 0.3) is 0 Å². The zero-order valence-electron chi connectivity index (χ0n) is 76.7. The van der Waals surface area contributed by atoms with E-state index >= 15 is 0 Å². The summed E-state index contributed by atoms with van der Waals surface area (Å²) < 4.78 is 69.3. The standard InChI is InChI=1S/C97H190O17P2/c1-6-9-12-15-18-21-24-27-29-31-33-35-37-39-41-46-51-56-61-66-71-76-81-95(100)108-87-93(114-96(101)82-77-72-67-62-57-52-47-42-40-38-36-34-32-30-28-25-22-19-16-13-10-7-2)89-112-116(105,106)110-85-91(98)84-109-115(103,104)111-88-92(86-107-94(99)80-75-70-65-60-55-49-26-23-20-17-14-11-8-3)113-97(102)83-78-73-68-63-58-53-48-44-43-45-50-54-59-64-69-74-79-90(4)5/h90-93,98H,6-89H2,1-5H3,(H,103,104)(H,105,106)/t91-,92+,93+/m0/s1. The Morgan fingerprint density at radius 1 is 0.233 bits per heavy atom. The highest BCUT2D eigenvalue weighted by Gasteiger charge is 2.31. The molecule has 5 atom stereocenters. The number of aliphatic hydroxyl groups is 1. The molecule has 19 heteroatoms. The van der Waals surface area contributed by atoms with Crippen molar-refractivity contribution in [2.24, 2.45) is 5.92 Å². The van der Waals surface area contributed by atoms with Crippen LogP contribution in [-0.2, 0) is 65.4 Å². The number of carbonyl (C=O) groups excluding carboxylic acids is 4. The van der Waals surface area contributed by atoms with Crippen LogP contribution in [0, 0.1) is 5.92 Å². The van der Waals surface area contributed by atoms with E-state index in [1.807, 2.05) is 0 Å². The number of phosphoric ester groups is 2. The van der Waals surface area contributed by atoms with Gasteiger partial charge >= 0.3 is 39.5 Å². The van der Waals surface area contributed by atoms with Crippen LogP contribution in [0.4, 0.5) is 0 Å². The zero-order chi connectivity index (χ0) is 84.7. The molecule has 0 spiro atoms. The molecule has 0 aliphatic heterocycles. The monoisotopic (exact) mass is 1690 g/mol. The number of esters is 4. The summed E-state index contributed by atoms with van der Waals surface area (Å²) in [6, 6.07) is 0. The van der Waals surface area contributed by atoms with Gasteiger partial charge in [0.15, 0.2) is 12.2 Å². The Morgan fingerprint density at radius 2 is 0.397 bits per heavy atom. The molecule has 0 aliphatic carbocycles. The fraction of sp³-hybridized carbons (Fsp3) is 0.959. The lowest BCUT2D eigenvalue weighted by Gasteiger charge is -2.21. The maximum absolute atomic E-state index is 13.2. The first-order chi connectivity index (χ1) is 56.5. The van der Waals surface area contributed by atoms with E-state index in [0.29, 0.717) is 25.7 Å². The summed E-state index contributed by atoms with van der Waals surface area (Å²) >= 11 is 0. The zero-order valence-corrected chi connectivity index (χ0v) is 78.4. The van der Waals surface area contributed by atoms with Crippen LogP contribution in [0.2, 0.25) is 0 Å². The van der Waals surface area contributed by atoms with Crippen molar-refractivity contribution < 1.29 is 80.2 Å². The second-order valence-corrected chi connectivity index (χ2v) is 38.2. The molecular weight excluding hydrogens is 1500 g/mol.